The van der Waals surface area contributed by atoms with E-state index in [2.05, 4.69) is 10.2 Å². The van der Waals surface area contributed by atoms with E-state index >= 15 is 0 Å². The highest BCUT2D eigenvalue weighted by Gasteiger charge is 2.20. The van der Waals surface area contributed by atoms with Crippen LogP contribution >= 0.6 is 11.3 Å². The van der Waals surface area contributed by atoms with E-state index < -0.39 is 12.1 Å². The summed E-state index contributed by atoms with van der Waals surface area (Å²) in [5.41, 5.74) is 0.427. The van der Waals surface area contributed by atoms with Crippen molar-refractivity contribution in [3.63, 3.8) is 0 Å². The molecule has 6 nitrogen and oxygen atoms in total. The number of nitrogens with zero attached hydrogens (tertiary/aromatic N) is 2. The first-order valence-corrected chi connectivity index (χ1v) is 7.77. The highest BCUT2D eigenvalue weighted by Crippen LogP contribution is 2.26. The van der Waals surface area contributed by atoms with Gasteiger partial charge >= 0.3 is 5.97 Å². The first-order chi connectivity index (χ1) is 11.2. The van der Waals surface area contributed by atoms with Crippen LogP contribution in [0.4, 0.5) is 0 Å². The Balaban J connectivity index is 1.68. The topological polar surface area (TPSA) is 74.5 Å². The predicted molar refractivity (Wildman–Crippen MR) is 84.4 cm³/mol. The minimum atomic E-state index is -0.634. The Bertz CT molecular complexity index is 781. The van der Waals surface area contributed by atoms with E-state index in [-0.39, 0.29) is 5.89 Å². The number of hydrogen-bond acceptors (Lipinski definition) is 7. The summed E-state index contributed by atoms with van der Waals surface area (Å²) in [4.78, 5) is 13.0. The molecule has 0 saturated heterocycles. The number of ether oxygens (including phenoxy) is 2. The molecule has 23 heavy (non-hydrogen) atoms. The molecule has 0 aliphatic heterocycles. The fourth-order valence-corrected chi connectivity index (χ4v) is 2.55. The molecule has 1 aromatic carbocycles. The summed E-state index contributed by atoms with van der Waals surface area (Å²) in [7, 11) is 1.57. The first-order valence-electron chi connectivity index (χ1n) is 6.89. The van der Waals surface area contributed by atoms with Gasteiger partial charge in [-0.05, 0) is 42.6 Å². The highest BCUT2D eigenvalue weighted by molar-refractivity contribution is 7.13. The first kappa shape index (κ1) is 15.2. The van der Waals surface area contributed by atoms with Crippen LogP contribution in [0, 0.1) is 0 Å². The molecule has 0 aliphatic rings. The van der Waals surface area contributed by atoms with Gasteiger partial charge in [0.2, 0.25) is 0 Å². The third-order valence-corrected chi connectivity index (χ3v) is 3.99. The lowest BCUT2D eigenvalue weighted by molar-refractivity contribution is 0.0280. The molecule has 2 heterocycles. The molecule has 0 unspecified atom stereocenters. The van der Waals surface area contributed by atoms with Crippen molar-refractivity contribution in [3.8, 4) is 16.5 Å². The third-order valence-electron chi connectivity index (χ3n) is 3.13. The van der Waals surface area contributed by atoms with Crippen LogP contribution in [-0.2, 0) is 4.74 Å². The molecule has 1 atom stereocenters. The van der Waals surface area contributed by atoms with Crippen molar-refractivity contribution in [1.82, 2.24) is 10.2 Å². The molecule has 3 aromatic rings. The lowest BCUT2D eigenvalue weighted by Crippen LogP contribution is -2.09. The van der Waals surface area contributed by atoms with Crippen LogP contribution < -0.4 is 4.74 Å². The van der Waals surface area contributed by atoms with Crippen LogP contribution in [-0.4, -0.2) is 23.3 Å². The standard InChI is InChI=1S/C16H14N2O4S/c1-10(14-17-18-15(22-14)13-4-3-9-23-13)21-16(19)11-5-7-12(20-2)8-6-11/h3-10H,1-2H3/t10-/m1/s1. The van der Waals surface area contributed by atoms with E-state index in [1.807, 2.05) is 17.5 Å². The van der Waals surface area contributed by atoms with Crippen molar-refractivity contribution in [2.75, 3.05) is 7.11 Å². The van der Waals surface area contributed by atoms with Crippen LogP contribution in [0.15, 0.2) is 46.2 Å². The molecule has 3 rings (SSSR count). The molecular weight excluding hydrogens is 316 g/mol. The SMILES string of the molecule is COc1ccc(C(=O)O[C@H](C)c2nnc(-c3cccs3)o2)cc1. The highest BCUT2D eigenvalue weighted by atomic mass is 32.1. The number of thiophene rings is 1. The number of esters is 1. The predicted octanol–water partition coefficient (Wildman–Crippen LogP) is 3.72. The van der Waals surface area contributed by atoms with Crippen molar-refractivity contribution in [3.05, 3.63) is 53.2 Å². The maximum Gasteiger partial charge on any atom is 0.338 e. The molecule has 2 aromatic heterocycles. The number of carbonyl (C=O) groups is 1. The lowest BCUT2D eigenvalue weighted by Gasteiger charge is -2.09. The maximum atomic E-state index is 12.1. The Morgan fingerprint density at radius 3 is 2.65 bits per heavy atom. The van der Waals surface area contributed by atoms with Crippen molar-refractivity contribution < 1.29 is 18.7 Å². The van der Waals surface area contributed by atoms with Gasteiger partial charge in [-0.25, -0.2) is 4.79 Å². The molecule has 0 spiro atoms. The maximum absolute atomic E-state index is 12.1. The fourth-order valence-electron chi connectivity index (χ4n) is 1.90. The Morgan fingerprint density at radius 2 is 2.00 bits per heavy atom. The third kappa shape index (κ3) is 3.40. The second-order valence-corrected chi connectivity index (χ2v) is 5.65. The van der Waals surface area contributed by atoms with E-state index in [0.29, 0.717) is 17.2 Å². The number of aromatic nitrogens is 2. The fraction of sp³-hybridized carbons (Fsp3) is 0.188. The van der Waals surface area contributed by atoms with Crippen LogP contribution in [0.3, 0.4) is 0 Å². The lowest BCUT2D eigenvalue weighted by atomic mass is 10.2. The quantitative estimate of drug-likeness (QED) is 0.664. The second kappa shape index (κ2) is 6.62. The summed E-state index contributed by atoms with van der Waals surface area (Å²) >= 11 is 1.50. The van der Waals surface area contributed by atoms with Crippen molar-refractivity contribution in [1.29, 1.82) is 0 Å². The van der Waals surface area contributed by atoms with E-state index in [0.717, 1.165) is 4.88 Å². The van der Waals surface area contributed by atoms with Crippen molar-refractivity contribution in [2.45, 2.75) is 13.0 Å². The molecule has 118 valence electrons. The van der Waals surface area contributed by atoms with Crippen LogP contribution in [0.25, 0.3) is 10.8 Å². The zero-order valence-corrected chi connectivity index (χ0v) is 13.4. The van der Waals surface area contributed by atoms with Gasteiger partial charge in [-0.2, -0.15) is 0 Å². The molecule has 0 aliphatic carbocycles. The number of rotatable bonds is 5. The van der Waals surface area contributed by atoms with Crippen molar-refractivity contribution in [2.24, 2.45) is 0 Å². The van der Waals surface area contributed by atoms with Gasteiger partial charge in [-0.15, -0.1) is 21.5 Å². The molecule has 0 saturated carbocycles. The minimum Gasteiger partial charge on any atom is -0.497 e. The summed E-state index contributed by atoms with van der Waals surface area (Å²) in [6.45, 7) is 1.69. The van der Waals surface area contributed by atoms with E-state index in [1.165, 1.54) is 11.3 Å². The summed E-state index contributed by atoms with van der Waals surface area (Å²) < 4.78 is 16.0. The largest absolute Gasteiger partial charge is 0.497 e. The number of carbonyl (C=O) groups excluding carboxylic acids is 1. The second-order valence-electron chi connectivity index (χ2n) is 4.70. The van der Waals surface area contributed by atoms with Gasteiger partial charge in [-0.3, -0.25) is 0 Å². The van der Waals surface area contributed by atoms with Crippen molar-refractivity contribution >= 4 is 17.3 Å². The summed E-state index contributed by atoms with van der Waals surface area (Å²) in [5, 5.41) is 9.83. The Labute approximate surface area is 136 Å². The van der Waals surface area contributed by atoms with Gasteiger partial charge in [0.1, 0.15) is 5.75 Å². The summed E-state index contributed by atoms with van der Waals surface area (Å²) in [5.74, 6) is 0.890. The molecular formula is C16H14N2O4S. The molecule has 0 radical (unpaired) electrons. The normalized spacial score (nSPS) is 11.9. The van der Waals surface area contributed by atoms with Crippen LogP contribution in [0.5, 0.6) is 5.75 Å². The average molecular weight is 330 g/mol. The molecule has 0 bridgehead atoms. The molecule has 0 amide bonds. The smallest absolute Gasteiger partial charge is 0.338 e. The number of methoxy groups -OCH3 is 1. The van der Waals surface area contributed by atoms with Gasteiger partial charge in [0.05, 0.1) is 17.6 Å². The Hall–Kier alpha value is -2.67. The van der Waals surface area contributed by atoms with Crippen LogP contribution in [0.2, 0.25) is 0 Å². The Morgan fingerprint density at radius 1 is 1.22 bits per heavy atom. The minimum absolute atomic E-state index is 0.260. The molecule has 0 N–H and O–H groups in total. The zero-order chi connectivity index (χ0) is 16.2. The molecule has 7 heteroatoms. The monoisotopic (exact) mass is 330 g/mol. The van der Waals surface area contributed by atoms with E-state index in [4.69, 9.17) is 13.9 Å². The van der Waals surface area contributed by atoms with Gasteiger partial charge in [-0.1, -0.05) is 6.07 Å². The summed E-state index contributed by atoms with van der Waals surface area (Å²) in [6, 6.07) is 10.5. The molecule has 0 fully saturated rings. The van der Waals surface area contributed by atoms with E-state index in [1.54, 1.807) is 38.3 Å². The summed E-state index contributed by atoms with van der Waals surface area (Å²) in [6.07, 6.45) is -0.634. The van der Waals surface area contributed by atoms with E-state index in [9.17, 15) is 4.79 Å². The number of hydrogen-bond donors (Lipinski definition) is 0. The van der Waals surface area contributed by atoms with Gasteiger partial charge in [0, 0.05) is 0 Å². The van der Waals surface area contributed by atoms with Gasteiger partial charge in [0.25, 0.3) is 11.8 Å². The van der Waals surface area contributed by atoms with Gasteiger partial charge in [0.15, 0.2) is 6.10 Å². The Kier molecular flexibility index (Phi) is 4.38. The number of benzene rings is 1. The van der Waals surface area contributed by atoms with Crippen LogP contribution in [0.1, 0.15) is 29.3 Å². The zero-order valence-electron chi connectivity index (χ0n) is 12.6. The van der Waals surface area contributed by atoms with Gasteiger partial charge < -0.3 is 13.9 Å². The average Bonchev–Trinajstić information content (AvgIpc) is 3.25.